The zero-order valence-corrected chi connectivity index (χ0v) is 10.2. The predicted octanol–water partition coefficient (Wildman–Crippen LogP) is 3.25. The second-order valence-corrected chi connectivity index (χ2v) is 3.26. The van der Waals surface area contributed by atoms with Gasteiger partial charge in [-0.1, -0.05) is 32.8 Å². The smallest absolute Gasteiger partial charge is 0.332 e. The highest BCUT2D eigenvalue weighted by molar-refractivity contribution is 5.71. The molecule has 0 aromatic rings. The summed E-state index contributed by atoms with van der Waals surface area (Å²) in [6.45, 7) is 9.75. The van der Waals surface area contributed by atoms with Gasteiger partial charge in [-0.3, -0.25) is 0 Å². The third kappa shape index (κ3) is 15.9. The van der Waals surface area contributed by atoms with E-state index in [0.717, 1.165) is 25.7 Å². The molecular weight excluding hydrogens is 192 g/mol. The lowest BCUT2D eigenvalue weighted by atomic mass is 10.3. The Morgan fingerprint density at radius 2 is 2.00 bits per heavy atom. The summed E-state index contributed by atoms with van der Waals surface area (Å²) in [5.74, 6) is -0.888. The zero-order chi connectivity index (χ0) is 12.1. The van der Waals surface area contributed by atoms with Crippen LogP contribution >= 0.6 is 0 Å². The fourth-order valence-electron chi connectivity index (χ4n) is 0.683. The Morgan fingerprint density at radius 1 is 1.47 bits per heavy atom. The van der Waals surface area contributed by atoms with Crippen molar-refractivity contribution >= 4 is 5.97 Å². The van der Waals surface area contributed by atoms with Gasteiger partial charge in [0, 0.05) is 6.61 Å². The van der Waals surface area contributed by atoms with Crippen LogP contribution in [0, 0.1) is 0 Å². The number of carboxylic acid groups (broad SMARTS) is 1. The molecular formula is C12H24O3. The minimum absolute atomic E-state index is 0.557. The first-order chi connectivity index (χ1) is 7.09. The molecule has 15 heavy (non-hydrogen) atoms. The molecule has 1 atom stereocenters. The van der Waals surface area contributed by atoms with Crippen LogP contribution < -0.4 is 0 Å². The van der Waals surface area contributed by atoms with Crippen LogP contribution in [-0.4, -0.2) is 23.8 Å². The molecule has 0 radical (unpaired) electrons. The summed E-state index contributed by atoms with van der Waals surface area (Å²) in [5, 5.41) is 8.41. The first kappa shape index (κ1) is 16.6. The summed E-state index contributed by atoms with van der Waals surface area (Å²) in [7, 11) is 0. The maximum absolute atomic E-state index is 10.2. The van der Waals surface area contributed by atoms with Crippen LogP contribution in [0.2, 0.25) is 0 Å². The predicted molar refractivity (Wildman–Crippen MR) is 63.1 cm³/mol. The zero-order valence-electron chi connectivity index (χ0n) is 10.2. The van der Waals surface area contributed by atoms with E-state index in [1.54, 1.807) is 6.92 Å². The van der Waals surface area contributed by atoms with Gasteiger partial charge in [0.1, 0.15) is 0 Å². The summed E-state index contributed by atoms with van der Waals surface area (Å²) in [5.41, 5.74) is 0. The maximum Gasteiger partial charge on any atom is 0.332 e. The average Bonchev–Trinajstić information content (AvgIpc) is 2.24. The van der Waals surface area contributed by atoms with Crippen molar-refractivity contribution in [3.05, 3.63) is 12.7 Å². The summed E-state index contributed by atoms with van der Waals surface area (Å²) >= 11 is 0. The highest BCUT2D eigenvalue weighted by Gasteiger charge is 2.09. The SMILES string of the molecule is C=CCC.CCCCCOC(C)C(=O)O. The molecule has 0 bridgehead atoms. The minimum Gasteiger partial charge on any atom is -0.479 e. The number of aliphatic carboxylic acids is 1. The Hall–Kier alpha value is -0.830. The molecule has 0 aromatic carbocycles. The summed E-state index contributed by atoms with van der Waals surface area (Å²) in [4.78, 5) is 10.2. The summed E-state index contributed by atoms with van der Waals surface area (Å²) < 4.78 is 5.01. The number of ether oxygens (including phenoxy) is 1. The number of rotatable bonds is 7. The van der Waals surface area contributed by atoms with Gasteiger partial charge in [-0.05, 0) is 19.8 Å². The molecule has 0 aliphatic rings. The first-order valence-electron chi connectivity index (χ1n) is 5.55. The summed E-state index contributed by atoms with van der Waals surface area (Å²) in [6.07, 6.45) is 5.48. The lowest BCUT2D eigenvalue weighted by molar-refractivity contribution is -0.149. The van der Waals surface area contributed by atoms with Gasteiger partial charge >= 0.3 is 5.97 Å². The lowest BCUT2D eigenvalue weighted by Gasteiger charge is -2.06. The fourth-order valence-corrected chi connectivity index (χ4v) is 0.683. The van der Waals surface area contributed by atoms with E-state index in [-0.39, 0.29) is 0 Å². The van der Waals surface area contributed by atoms with E-state index >= 15 is 0 Å². The molecule has 0 aliphatic carbocycles. The van der Waals surface area contributed by atoms with E-state index in [1.165, 1.54) is 0 Å². The van der Waals surface area contributed by atoms with Gasteiger partial charge in [-0.15, -0.1) is 6.58 Å². The monoisotopic (exact) mass is 216 g/mol. The van der Waals surface area contributed by atoms with Crippen molar-refractivity contribution in [1.29, 1.82) is 0 Å². The van der Waals surface area contributed by atoms with E-state index in [0.29, 0.717) is 6.61 Å². The Bertz CT molecular complexity index is 155. The van der Waals surface area contributed by atoms with Crippen LogP contribution in [0.25, 0.3) is 0 Å². The normalized spacial score (nSPS) is 11.1. The molecule has 0 heterocycles. The Labute approximate surface area is 93.1 Å². The van der Waals surface area contributed by atoms with Crippen LogP contribution in [0.5, 0.6) is 0 Å². The third-order valence-corrected chi connectivity index (χ3v) is 1.75. The topological polar surface area (TPSA) is 46.5 Å². The number of hydrogen-bond donors (Lipinski definition) is 1. The van der Waals surface area contributed by atoms with Gasteiger partial charge < -0.3 is 9.84 Å². The molecule has 0 rings (SSSR count). The van der Waals surface area contributed by atoms with E-state index in [9.17, 15) is 4.79 Å². The highest BCUT2D eigenvalue weighted by atomic mass is 16.5. The van der Waals surface area contributed by atoms with Gasteiger partial charge in [-0.25, -0.2) is 4.79 Å². The van der Waals surface area contributed by atoms with Gasteiger partial charge in [0.15, 0.2) is 6.10 Å². The molecule has 0 spiro atoms. The van der Waals surface area contributed by atoms with Crippen molar-refractivity contribution in [3.8, 4) is 0 Å². The lowest BCUT2D eigenvalue weighted by Crippen LogP contribution is -2.20. The van der Waals surface area contributed by atoms with Crippen LogP contribution in [-0.2, 0) is 9.53 Å². The molecule has 0 saturated heterocycles. The molecule has 1 N–H and O–H groups in total. The number of carboxylic acids is 1. The van der Waals surface area contributed by atoms with Crippen molar-refractivity contribution in [3.63, 3.8) is 0 Å². The van der Waals surface area contributed by atoms with Crippen molar-refractivity contribution in [1.82, 2.24) is 0 Å². The van der Waals surface area contributed by atoms with E-state index in [1.807, 2.05) is 6.08 Å². The highest BCUT2D eigenvalue weighted by Crippen LogP contribution is 1.97. The second-order valence-electron chi connectivity index (χ2n) is 3.26. The van der Waals surface area contributed by atoms with Crippen LogP contribution in [0.3, 0.4) is 0 Å². The molecule has 3 heteroatoms. The van der Waals surface area contributed by atoms with E-state index in [2.05, 4.69) is 20.4 Å². The fraction of sp³-hybridized carbons (Fsp3) is 0.750. The maximum atomic E-state index is 10.2. The molecule has 1 unspecified atom stereocenters. The number of carbonyl (C=O) groups is 1. The van der Waals surface area contributed by atoms with Crippen molar-refractivity contribution in [2.75, 3.05) is 6.61 Å². The minimum atomic E-state index is -0.888. The quantitative estimate of drug-likeness (QED) is 0.525. The average molecular weight is 216 g/mol. The Morgan fingerprint density at radius 3 is 2.33 bits per heavy atom. The van der Waals surface area contributed by atoms with Crippen LogP contribution in [0.4, 0.5) is 0 Å². The Balaban J connectivity index is 0. The molecule has 0 fully saturated rings. The van der Waals surface area contributed by atoms with Gasteiger partial charge in [0.2, 0.25) is 0 Å². The number of allylic oxidation sites excluding steroid dienone is 1. The van der Waals surface area contributed by atoms with E-state index in [4.69, 9.17) is 9.84 Å². The first-order valence-corrected chi connectivity index (χ1v) is 5.55. The largest absolute Gasteiger partial charge is 0.479 e. The molecule has 3 nitrogen and oxygen atoms in total. The van der Waals surface area contributed by atoms with Gasteiger partial charge in [0.05, 0.1) is 0 Å². The van der Waals surface area contributed by atoms with Gasteiger partial charge in [0.25, 0.3) is 0 Å². The second kappa shape index (κ2) is 13.2. The van der Waals surface area contributed by atoms with Crippen LogP contribution in [0.1, 0.15) is 46.5 Å². The van der Waals surface area contributed by atoms with Crippen molar-refractivity contribution in [2.24, 2.45) is 0 Å². The summed E-state index contributed by atoms with van der Waals surface area (Å²) in [6, 6.07) is 0. The Kier molecular flexibility index (Phi) is 14.6. The molecule has 0 aliphatic heterocycles. The number of hydrogen-bond acceptors (Lipinski definition) is 2. The molecule has 0 aromatic heterocycles. The third-order valence-electron chi connectivity index (χ3n) is 1.75. The van der Waals surface area contributed by atoms with Crippen LogP contribution in [0.15, 0.2) is 12.7 Å². The van der Waals surface area contributed by atoms with E-state index < -0.39 is 12.1 Å². The number of unbranched alkanes of at least 4 members (excludes halogenated alkanes) is 2. The van der Waals surface area contributed by atoms with Gasteiger partial charge in [-0.2, -0.15) is 0 Å². The molecule has 0 saturated carbocycles. The van der Waals surface area contributed by atoms with Crippen molar-refractivity contribution in [2.45, 2.75) is 52.6 Å². The van der Waals surface area contributed by atoms with Crippen molar-refractivity contribution < 1.29 is 14.6 Å². The molecule has 90 valence electrons. The standard InChI is InChI=1S/C8H16O3.C4H8/c1-3-4-5-6-11-7(2)8(9)10;1-3-4-2/h7H,3-6H2,1-2H3,(H,9,10);3H,1,4H2,2H3. The molecule has 0 amide bonds.